The highest BCUT2D eigenvalue weighted by Gasteiger charge is 2.17. The maximum absolute atomic E-state index is 11.7. The molecule has 152 valence electrons. The van der Waals surface area contributed by atoms with Crippen molar-refractivity contribution in [2.75, 3.05) is 19.5 Å². The standard InChI is InChI=1S/C23H21N3O3S/c1-14-5-7-16(8-6-14)21-23(25-15(2)27)30-22(26-21)18(13-24)11-17-12-19(28-3)9-10-20(17)29-4/h5-12H,1-4H3,(H,25,27)/b18-11+. The van der Waals surface area contributed by atoms with Crippen LogP contribution in [0.5, 0.6) is 11.5 Å². The largest absolute Gasteiger partial charge is 0.497 e. The minimum atomic E-state index is -0.199. The van der Waals surface area contributed by atoms with Crippen LogP contribution in [0.1, 0.15) is 23.1 Å². The lowest BCUT2D eigenvalue weighted by Gasteiger charge is -2.07. The van der Waals surface area contributed by atoms with Crippen molar-refractivity contribution in [1.82, 2.24) is 4.98 Å². The Labute approximate surface area is 179 Å². The van der Waals surface area contributed by atoms with Gasteiger partial charge in [-0.05, 0) is 31.2 Å². The summed E-state index contributed by atoms with van der Waals surface area (Å²) in [6.07, 6.45) is 1.71. The fraction of sp³-hybridized carbons (Fsp3) is 0.174. The van der Waals surface area contributed by atoms with Crippen molar-refractivity contribution in [2.24, 2.45) is 0 Å². The van der Waals surface area contributed by atoms with Crippen molar-refractivity contribution < 1.29 is 14.3 Å². The number of hydrogen-bond acceptors (Lipinski definition) is 6. The number of anilines is 1. The zero-order valence-electron chi connectivity index (χ0n) is 17.1. The molecule has 0 atom stereocenters. The lowest BCUT2D eigenvalue weighted by atomic mass is 10.1. The zero-order valence-corrected chi connectivity index (χ0v) is 18.0. The summed E-state index contributed by atoms with van der Waals surface area (Å²) in [6, 6.07) is 15.4. The smallest absolute Gasteiger partial charge is 0.221 e. The maximum Gasteiger partial charge on any atom is 0.221 e. The highest BCUT2D eigenvalue weighted by atomic mass is 32.1. The first kappa shape index (κ1) is 21.1. The molecular formula is C23H21N3O3S. The number of hydrogen-bond donors (Lipinski definition) is 1. The van der Waals surface area contributed by atoms with Crippen LogP contribution in [0.15, 0.2) is 42.5 Å². The molecule has 0 saturated heterocycles. The van der Waals surface area contributed by atoms with Crippen molar-refractivity contribution in [1.29, 1.82) is 5.26 Å². The quantitative estimate of drug-likeness (QED) is 0.558. The number of thiazole rings is 1. The van der Waals surface area contributed by atoms with Gasteiger partial charge in [-0.1, -0.05) is 41.2 Å². The average molecular weight is 420 g/mol. The summed E-state index contributed by atoms with van der Waals surface area (Å²) in [7, 11) is 3.15. The molecule has 3 rings (SSSR count). The predicted octanol–water partition coefficient (Wildman–Crippen LogP) is 5.16. The SMILES string of the molecule is COc1ccc(OC)c(/C=C(\C#N)c2nc(-c3ccc(C)cc3)c(NC(C)=O)s2)c1. The van der Waals surface area contributed by atoms with E-state index in [0.29, 0.717) is 38.3 Å². The van der Waals surface area contributed by atoms with Gasteiger partial charge < -0.3 is 14.8 Å². The number of carbonyl (C=O) groups excluding carboxylic acids is 1. The van der Waals surface area contributed by atoms with Gasteiger partial charge in [0.05, 0.1) is 19.8 Å². The number of allylic oxidation sites excluding steroid dienone is 1. The lowest BCUT2D eigenvalue weighted by molar-refractivity contribution is -0.114. The van der Waals surface area contributed by atoms with Gasteiger partial charge in [0.25, 0.3) is 0 Å². The van der Waals surface area contributed by atoms with E-state index in [1.165, 1.54) is 18.3 Å². The Bertz CT molecular complexity index is 1140. The molecule has 30 heavy (non-hydrogen) atoms. The van der Waals surface area contributed by atoms with Crippen molar-refractivity contribution in [3.05, 3.63) is 58.6 Å². The number of methoxy groups -OCH3 is 2. The maximum atomic E-state index is 11.7. The first-order chi connectivity index (χ1) is 14.4. The average Bonchev–Trinajstić information content (AvgIpc) is 3.15. The van der Waals surface area contributed by atoms with Crippen LogP contribution in [-0.4, -0.2) is 25.1 Å². The Morgan fingerprint density at radius 3 is 2.50 bits per heavy atom. The number of rotatable bonds is 6. The first-order valence-electron chi connectivity index (χ1n) is 9.14. The van der Waals surface area contributed by atoms with Crippen LogP contribution in [0.25, 0.3) is 22.9 Å². The van der Waals surface area contributed by atoms with Crippen molar-refractivity contribution in [2.45, 2.75) is 13.8 Å². The Morgan fingerprint density at radius 2 is 1.90 bits per heavy atom. The van der Waals surface area contributed by atoms with Gasteiger partial charge in [-0.2, -0.15) is 5.26 Å². The molecule has 3 aromatic rings. The third-order valence-corrected chi connectivity index (χ3v) is 5.33. The van der Waals surface area contributed by atoms with E-state index in [-0.39, 0.29) is 5.91 Å². The van der Waals surface area contributed by atoms with Gasteiger partial charge in [0.1, 0.15) is 33.3 Å². The highest BCUT2D eigenvalue weighted by Crippen LogP contribution is 2.37. The molecule has 0 bridgehead atoms. The van der Waals surface area contributed by atoms with Gasteiger partial charge in [-0.15, -0.1) is 0 Å². The van der Waals surface area contributed by atoms with Crippen LogP contribution in [0.4, 0.5) is 5.00 Å². The van der Waals surface area contributed by atoms with Gasteiger partial charge in [-0.25, -0.2) is 4.98 Å². The molecule has 6 nitrogen and oxygen atoms in total. The third-order valence-electron chi connectivity index (χ3n) is 4.33. The lowest BCUT2D eigenvalue weighted by Crippen LogP contribution is -2.05. The van der Waals surface area contributed by atoms with E-state index >= 15 is 0 Å². The molecule has 0 aliphatic heterocycles. The van der Waals surface area contributed by atoms with E-state index < -0.39 is 0 Å². The van der Waals surface area contributed by atoms with Crippen LogP contribution in [0.3, 0.4) is 0 Å². The third kappa shape index (κ3) is 4.67. The summed E-state index contributed by atoms with van der Waals surface area (Å²) in [4.78, 5) is 16.4. The van der Waals surface area contributed by atoms with Crippen LogP contribution >= 0.6 is 11.3 Å². The second kappa shape index (κ2) is 9.25. The fourth-order valence-electron chi connectivity index (χ4n) is 2.84. The number of aryl methyl sites for hydroxylation is 1. The number of amides is 1. The zero-order chi connectivity index (χ0) is 21.7. The van der Waals surface area contributed by atoms with Crippen molar-refractivity contribution >= 4 is 33.9 Å². The van der Waals surface area contributed by atoms with E-state index in [0.717, 1.165) is 11.1 Å². The van der Waals surface area contributed by atoms with Gasteiger partial charge in [-0.3, -0.25) is 4.79 Å². The number of ether oxygens (including phenoxy) is 2. The van der Waals surface area contributed by atoms with E-state index in [1.807, 2.05) is 31.2 Å². The van der Waals surface area contributed by atoms with E-state index in [2.05, 4.69) is 16.4 Å². The summed E-state index contributed by atoms with van der Waals surface area (Å²) in [6.45, 7) is 3.45. The number of nitrogens with one attached hydrogen (secondary N) is 1. The van der Waals surface area contributed by atoms with Crippen LogP contribution < -0.4 is 14.8 Å². The van der Waals surface area contributed by atoms with Gasteiger partial charge in [0.2, 0.25) is 5.91 Å². The highest BCUT2D eigenvalue weighted by molar-refractivity contribution is 7.17. The molecule has 1 amide bonds. The number of nitrogens with zero attached hydrogens (tertiary/aromatic N) is 2. The first-order valence-corrected chi connectivity index (χ1v) is 9.96. The summed E-state index contributed by atoms with van der Waals surface area (Å²) >= 11 is 1.26. The molecule has 1 aromatic heterocycles. The summed E-state index contributed by atoms with van der Waals surface area (Å²) in [5.41, 5.74) is 3.67. The minimum Gasteiger partial charge on any atom is -0.497 e. The van der Waals surface area contributed by atoms with Gasteiger partial charge in [0, 0.05) is 18.1 Å². The van der Waals surface area contributed by atoms with E-state index in [4.69, 9.17) is 9.47 Å². The van der Waals surface area contributed by atoms with E-state index in [1.54, 1.807) is 38.5 Å². The number of carbonyl (C=O) groups is 1. The molecule has 1 N–H and O–H groups in total. The summed E-state index contributed by atoms with van der Waals surface area (Å²) in [5, 5.41) is 13.7. The molecule has 2 aromatic carbocycles. The number of nitriles is 1. The Kier molecular flexibility index (Phi) is 6.50. The Balaban J connectivity index is 2.11. The second-order valence-electron chi connectivity index (χ2n) is 6.52. The Morgan fingerprint density at radius 1 is 1.17 bits per heavy atom. The number of benzene rings is 2. The molecular weight excluding hydrogens is 398 g/mol. The number of aromatic nitrogens is 1. The topological polar surface area (TPSA) is 84.2 Å². The van der Waals surface area contributed by atoms with Crippen molar-refractivity contribution in [3.8, 4) is 28.8 Å². The Hall–Kier alpha value is -3.63. The predicted molar refractivity (Wildman–Crippen MR) is 120 cm³/mol. The molecule has 0 fully saturated rings. The summed E-state index contributed by atoms with van der Waals surface area (Å²) < 4.78 is 10.7. The van der Waals surface area contributed by atoms with Crippen LogP contribution in [0.2, 0.25) is 0 Å². The summed E-state index contributed by atoms with van der Waals surface area (Å²) in [5.74, 6) is 1.06. The molecule has 0 saturated carbocycles. The molecule has 0 spiro atoms. The molecule has 0 unspecified atom stereocenters. The normalized spacial score (nSPS) is 11.0. The van der Waals surface area contributed by atoms with Crippen molar-refractivity contribution in [3.63, 3.8) is 0 Å². The fourth-order valence-corrected chi connectivity index (χ4v) is 3.84. The van der Waals surface area contributed by atoms with Gasteiger partial charge >= 0.3 is 0 Å². The monoisotopic (exact) mass is 419 g/mol. The van der Waals surface area contributed by atoms with Crippen LogP contribution in [0, 0.1) is 18.3 Å². The molecule has 0 aliphatic carbocycles. The second-order valence-corrected chi connectivity index (χ2v) is 7.52. The molecule has 1 heterocycles. The minimum absolute atomic E-state index is 0.199. The molecule has 7 heteroatoms. The van der Waals surface area contributed by atoms with E-state index in [9.17, 15) is 10.1 Å². The molecule has 0 aliphatic rings. The van der Waals surface area contributed by atoms with Crippen LogP contribution in [-0.2, 0) is 4.79 Å². The molecule has 0 radical (unpaired) electrons. The van der Waals surface area contributed by atoms with Gasteiger partial charge in [0.15, 0.2) is 0 Å².